The van der Waals surface area contributed by atoms with E-state index < -0.39 is 0 Å². The highest BCUT2D eigenvalue weighted by Crippen LogP contribution is 2.35. The Morgan fingerprint density at radius 3 is 2.93 bits per heavy atom. The highest BCUT2D eigenvalue weighted by Gasteiger charge is 2.32. The maximum Gasteiger partial charge on any atom is 0.257 e. The van der Waals surface area contributed by atoms with Gasteiger partial charge in [0.25, 0.3) is 5.91 Å². The monoisotopic (exact) mass is 382 g/mol. The number of carbonyl (C=O) groups excluding carboxylic acids is 2. The number of fused-ring (bicyclic) bond motifs is 1. The van der Waals surface area contributed by atoms with E-state index in [4.69, 9.17) is 9.47 Å². The van der Waals surface area contributed by atoms with E-state index in [2.05, 4.69) is 5.10 Å². The minimum Gasteiger partial charge on any atom is -0.486 e. The number of aromatic nitrogens is 2. The van der Waals surface area contributed by atoms with Crippen LogP contribution in [0.3, 0.4) is 0 Å². The number of rotatable bonds is 3. The van der Waals surface area contributed by atoms with Crippen molar-refractivity contribution in [3.63, 3.8) is 0 Å². The third-order valence-electron chi connectivity index (χ3n) is 5.59. The zero-order chi connectivity index (χ0) is 19.1. The van der Waals surface area contributed by atoms with Crippen LogP contribution in [0.15, 0.2) is 30.6 Å². The van der Waals surface area contributed by atoms with Crippen LogP contribution in [0.1, 0.15) is 35.7 Å². The molecule has 28 heavy (non-hydrogen) atoms. The van der Waals surface area contributed by atoms with E-state index >= 15 is 0 Å². The van der Waals surface area contributed by atoms with Crippen molar-refractivity contribution in [3.8, 4) is 11.5 Å². The number of benzene rings is 1. The number of ether oxygens (including phenoxy) is 2. The Morgan fingerprint density at radius 1 is 1.18 bits per heavy atom. The molecule has 0 N–H and O–H groups in total. The number of anilines is 1. The molecule has 8 nitrogen and oxygen atoms in total. The van der Waals surface area contributed by atoms with E-state index in [1.807, 2.05) is 27.9 Å². The molecule has 2 amide bonds. The predicted molar refractivity (Wildman–Crippen MR) is 101 cm³/mol. The number of hydrogen-bond acceptors (Lipinski definition) is 5. The molecule has 0 bridgehead atoms. The normalized spacial score (nSPS) is 21.4. The van der Waals surface area contributed by atoms with Crippen LogP contribution in [0.5, 0.6) is 11.5 Å². The molecule has 146 valence electrons. The molecule has 0 aliphatic carbocycles. The van der Waals surface area contributed by atoms with E-state index in [-0.39, 0.29) is 17.9 Å². The van der Waals surface area contributed by atoms with Gasteiger partial charge in [-0.25, -0.2) is 0 Å². The zero-order valence-electron chi connectivity index (χ0n) is 15.5. The summed E-state index contributed by atoms with van der Waals surface area (Å²) in [6, 6.07) is 5.53. The van der Waals surface area contributed by atoms with Crippen LogP contribution < -0.4 is 14.4 Å². The van der Waals surface area contributed by atoms with E-state index in [0.717, 1.165) is 25.1 Å². The summed E-state index contributed by atoms with van der Waals surface area (Å²) < 4.78 is 13.2. The van der Waals surface area contributed by atoms with Gasteiger partial charge in [-0.2, -0.15) is 5.10 Å². The van der Waals surface area contributed by atoms with Crippen molar-refractivity contribution in [2.75, 3.05) is 37.7 Å². The van der Waals surface area contributed by atoms with Gasteiger partial charge < -0.3 is 19.3 Å². The standard InChI is InChI=1S/C20H22N4O4/c25-18-5-2-7-23(18)15-11-21-24(13-15)14-6-8-22(12-14)20(26)16-3-1-4-17-19(16)28-10-9-27-17/h1,3-4,11,13-14H,2,5-10,12H2. The lowest BCUT2D eigenvalue weighted by molar-refractivity contribution is -0.117. The molecule has 0 spiro atoms. The van der Waals surface area contributed by atoms with Gasteiger partial charge >= 0.3 is 0 Å². The Kier molecular flexibility index (Phi) is 4.18. The Labute approximate surface area is 162 Å². The molecule has 5 rings (SSSR count). The van der Waals surface area contributed by atoms with Crippen LogP contribution in [-0.4, -0.2) is 59.3 Å². The highest BCUT2D eigenvalue weighted by atomic mass is 16.6. The predicted octanol–water partition coefficient (Wildman–Crippen LogP) is 1.87. The van der Waals surface area contributed by atoms with Crippen LogP contribution in [-0.2, 0) is 4.79 Å². The topological polar surface area (TPSA) is 76.9 Å². The van der Waals surface area contributed by atoms with Gasteiger partial charge in [0.05, 0.1) is 23.5 Å². The number of para-hydroxylation sites is 1. The molecule has 1 atom stereocenters. The maximum absolute atomic E-state index is 13.1. The van der Waals surface area contributed by atoms with Crippen molar-refractivity contribution in [2.24, 2.45) is 0 Å². The number of hydrogen-bond donors (Lipinski definition) is 0. The number of nitrogens with zero attached hydrogens (tertiary/aromatic N) is 4. The molecule has 3 aliphatic heterocycles. The first-order valence-corrected chi connectivity index (χ1v) is 9.73. The molecular formula is C20H22N4O4. The van der Waals surface area contributed by atoms with Crippen molar-refractivity contribution >= 4 is 17.5 Å². The quantitative estimate of drug-likeness (QED) is 0.810. The molecule has 1 unspecified atom stereocenters. The number of likely N-dealkylation sites (tertiary alicyclic amines) is 1. The fraction of sp³-hybridized carbons (Fsp3) is 0.450. The van der Waals surface area contributed by atoms with Crippen LogP contribution in [0, 0.1) is 0 Å². The summed E-state index contributed by atoms with van der Waals surface area (Å²) in [6.45, 7) is 2.94. The van der Waals surface area contributed by atoms with E-state index in [0.29, 0.717) is 49.8 Å². The molecule has 4 heterocycles. The van der Waals surface area contributed by atoms with Crippen molar-refractivity contribution in [2.45, 2.75) is 25.3 Å². The summed E-state index contributed by atoms with van der Waals surface area (Å²) in [5.41, 5.74) is 1.39. The molecule has 1 aromatic heterocycles. The molecule has 1 aromatic carbocycles. The second-order valence-electron chi connectivity index (χ2n) is 7.35. The van der Waals surface area contributed by atoms with Crippen LogP contribution in [0.25, 0.3) is 0 Å². The SMILES string of the molecule is O=C(c1cccc2c1OCCO2)N1CCC(n2cc(N3CCCC3=O)cn2)C1. The van der Waals surface area contributed by atoms with Crippen molar-refractivity contribution in [1.82, 2.24) is 14.7 Å². The van der Waals surface area contributed by atoms with Gasteiger partial charge in [-0.1, -0.05) is 6.07 Å². The first-order chi connectivity index (χ1) is 13.7. The van der Waals surface area contributed by atoms with Crippen LogP contribution in [0.2, 0.25) is 0 Å². The first-order valence-electron chi connectivity index (χ1n) is 9.73. The Hall–Kier alpha value is -3.03. The van der Waals surface area contributed by atoms with Crippen molar-refractivity contribution < 1.29 is 19.1 Å². The fourth-order valence-corrected chi connectivity index (χ4v) is 4.14. The van der Waals surface area contributed by atoms with Gasteiger partial charge in [-0.15, -0.1) is 0 Å². The van der Waals surface area contributed by atoms with Crippen LogP contribution in [0.4, 0.5) is 5.69 Å². The lowest BCUT2D eigenvalue weighted by Gasteiger charge is -2.23. The molecule has 0 radical (unpaired) electrons. The molecule has 3 aliphatic rings. The fourth-order valence-electron chi connectivity index (χ4n) is 4.14. The lowest BCUT2D eigenvalue weighted by Crippen LogP contribution is -2.30. The Morgan fingerprint density at radius 2 is 2.07 bits per heavy atom. The average Bonchev–Trinajstić information content (AvgIpc) is 3.47. The minimum absolute atomic E-state index is 0.0491. The van der Waals surface area contributed by atoms with Gasteiger partial charge in [0.15, 0.2) is 11.5 Å². The zero-order valence-corrected chi connectivity index (χ0v) is 15.5. The number of carbonyl (C=O) groups is 2. The first kappa shape index (κ1) is 17.1. The summed E-state index contributed by atoms with van der Waals surface area (Å²) in [5, 5.41) is 4.45. The third kappa shape index (κ3) is 2.89. The van der Waals surface area contributed by atoms with Gasteiger partial charge in [-0.3, -0.25) is 14.3 Å². The van der Waals surface area contributed by atoms with Gasteiger partial charge in [-0.05, 0) is 25.0 Å². The molecule has 2 fully saturated rings. The van der Waals surface area contributed by atoms with Crippen LogP contribution >= 0.6 is 0 Å². The second-order valence-corrected chi connectivity index (χ2v) is 7.35. The lowest BCUT2D eigenvalue weighted by atomic mass is 10.1. The summed E-state index contributed by atoms with van der Waals surface area (Å²) in [6.07, 6.45) is 5.98. The van der Waals surface area contributed by atoms with E-state index in [1.165, 1.54) is 0 Å². The molecule has 0 saturated carbocycles. The maximum atomic E-state index is 13.1. The molecule has 2 aromatic rings. The van der Waals surface area contributed by atoms with Gasteiger partial charge in [0, 0.05) is 32.3 Å². The van der Waals surface area contributed by atoms with E-state index in [9.17, 15) is 9.59 Å². The van der Waals surface area contributed by atoms with E-state index in [1.54, 1.807) is 17.2 Å². The summed E-state index contributed by atoms with van der Waals surface area (Å²) in [5.74, 6) is 1.27. The molecule has 8 heteroatoms. The Bertz CT molecular complexity index is 925. The van der Waals surface area contributed by atoms with Gasteiger partial charge in [0.1, 0.15) is 13.2 Å². The largest absolute Gasteiger partial charge is 0.486 e. The summed E-state index contributed by atoms with van der Waals surface area (Å²) in [7, 11) is 0. The van der Waals surface area contributed by atoms with Crippen molar-refractivity contribution in [1.29, 1.82) is 0 Å². The molecule has 2 saturated heterocycles. The summed E-state index contributed by atoms with van der Waals surface area (Å²) >= 11 is 0. The summed E-state index contributed by atoms with van der Waals surface area (Å²) in [4.78, 5) is 28.6. The second kappa shape index (κ2) is 6.85. The molecular weight excluding hydrogens is 360 g/mol. The minimum atomic E-state index is -0.0491. The average molecular weight is 382 g/mol. The van der Waals surface area contributed by atoms with Gasteiger partial charge in [0.2, 0.25) is 5.91 Å². The Balaban J connectivity index is 1.31. The third-order valence-corrected chi connectivity index (χ3v) is 5.59. The highest BCUT2D eigenvalue weighted by molar-refractivity contribution is 5.98. The smallest absolute Gasteiger partial charge is 0.257 e. The van der Waals surface area contributed by atoms with Crippen molar-refractivity contribution in [3.05, 3.63) is 36.2 Å². The number of amides is 2.